The lowest BCUT2D eigenvalue weighted by Gasteiger charge is -2.32. The lowest BCUT2D eigenvalue weighted by Crippen LogP contribution is -2.46. The SMILES string of the molecule is CCCCCCc1ccc2cc(C)c(C(=O)C[C@@H](CCN)C(=O)N(C)[C@@H]3C(=O)C[C@@H](C)C(=O)N[C@H](C(=O)CCC#N)Cc4ccc(OCCN)c(c4)-c4cc3ccc4OCCN)cc2c1. The number of ketones is 3. The number of ether oxygens (including phenoxy) is 2. The largest absolute Gasteiger partial charge is 0.492 e. The smallest absolute Gasteiger partial charge is 0.226 e. The molecule has 4 bridgehead atoms. The molecule has 7 N–H and O–H groups in total. The number of fused-ring (bicyclic) bond motifs is 6. The molecule has 0 fully saturated rings. The van der Waals surface area contributed by atoms with E-state index < -0.39 is 41.5 Å². The van der Waals surface area contributed by atoms with Crippen molar-refractivity contribution < 1.29 is 33.4 Å². The second-order valence-electron chi connectivity index (χ2n) is 17.2. The minimum atomic E-state index is -1.21. The Labute approximate surface area is 383 Å². The highest BCUT2D eigenvalue weighted by atomic mass is 16.5. The monoisotopic (exact) mass is 886 g/mol. The van der Waals surface area contributed by atoms with Gasteiger partial charge < -0.3 is 36.9 Å². The third kappa shape index (κ3) is 13.1. The Balaban J connectivity index is 1.57. The molecule has 0 saturated carbocycles. The second kappa shape index (κ2) is 24.4. The van der Waals surface area contributed by atoms with E-state index in [1.54, 1.807) is 37.3 Å². The minimum absolute atomic E-state index is 0.0221. The first kappa shape index (κ1) is 50.1. The number of rotatable bonds is 21. The van der Waals surface area contributed by atoms with Gasteiger partial charge in [0.2, 0.25) is 11.8 Å². The zero-order chi connectivity index (χ0) is 47.0. The molecule has 0 radical (unpaired) electrons. The summed E-state index contributed by atoms with van der Waals surface area (Å²) in [6.45, 7) is 6.63. The van der Waals surface area contributed by atoms with Crippen LogP contribution in [0.1, 0.15) is 110 Å². The fourth-order valence-electron chi connectivity index (χ4n) is 8.65. The van der Waals surface area contributed by atoms with Gasteiger partial charge in [-0.1, -0.05) is 69.5 Å². The second-order valence-corrected chi connectivity index (χ2v) is 17.2. The maximum atomic E-state index is 14.8. The highest BCUT2D eigenvalue weighted by Gasteiger charge is 2.36. The molecule has 0 aliphatic carbocycles. The van der Waals surface area contributed by atoms with Crippen molar-refractivity contribution in [3.8, 4) is 28.7 Å². The topological polar surface area (TPSA) is 221 Å². The van der Waals surface area contributed by atoms with Crippen LogP contribution in [-0.2, 0) is 32.0 Å². The first-order valence-electron chi connectivity index (χ1n) is 23.0. The molecule has 0 aromatic heterocycles. The molecule has 1 aliphatic rings. The average Bonchev–Trinajstić information content (AvgIpc) is 3.29. The van der Waals surface area contributed by atoms with Gasteiger partial charge in [-0.3, -0.25) is 24.0 Å². The lowest BCUT2D eigenvalue weighted by molar-refractivity contribution is -0.142. The molecule has 1 heterocycles. The Kier molecular flexibility index (Phi) is 18.8. The van der Waals surface area contributed by atoms with Crippen molar-refractivity contribution in [2.75, 3.05) is 39.9 Å². The Morgan fingerprint density at radius 3 is 2.25 bits per heavy atom. The molecule has 13 nitrogen and oxygen atoms in total. The summed E-state index contributed by atoms with van der Waals surface area (Å²) >= 11 is 0. The molecule has 4 atom stereocenters. The van der Waals surface area contributed by atoms with Gasteiger partial charge in [0.05, 0.1) is 12.1 Å². The van der Waals surface area contributed by atoms with Crippen molar-refractivity contribution in [1.82, 2.24) is 10.2 Å². The Morgan fingerprint density at radius 2 is 1.57 bits per heavy atom. The molecule has 346 valence electrons. The third-order valence-electron chi connectivity index (χ3n) is 12.2. The van der Waals surface area contributed by atoms with Crippen LogP contribution >= 0.6 is 0 Å². The van der Waals surface area contributed by atoms with Crippen molar-refractivity contribution in [2.24, 2.45) is 29.0 Å². The van der Waals surface area contributed by atoms with E-state index in [4.69, 9.17) is 26.7 Å². The summed E-state index contributed by atoms with van der Waals surface area (Å²) in [5, 5.41) is 14.1. The van der Waals surface area contributed by atoms with Crippen LogP contribution in [0.15, 0.2) is 66.7 Å². The van der Waals surface area contributed by atoms with E-state index in [1.165, 1.54) is 30.4 Å². The van der Waals surface area contributed by atoms with E-state index in [0.29, 0.717) is 39.3 Å². The van der Waals surface area contributed by atoms with Crippen LogP contribution < -0.4 is 32.0 Å². The van der Waals surface area contributed by atoms with Crippen molar-refractivity contribution in [3.05, 3.63) is 94.5 Å². The summed E-state index contributed by atoms with van der Waals surface area (Å²) in [6, 6.07) is 20.7. The number of carbonyl (C=O) groups excluding carboxylic acids is 5. The van der Waals surface area contributed by atoms with Crippen LogP contribution in [0, 0.1) is 30.1 Å². The Morgan fingerprint density at radius 1 is 0.862 bits per heavy atom. The molecule has 13 heteroatoms. The van der Waals surface area contributed by atoms with E-state index in [0.717, 1.165) is 35.6 Å². The number of nitrogens with one attached hydrogen (secondary N) is 1. The van der Waals surface area contributed by atoms with Crippen molar-refractivity contribution in [2.45, 2.75) is 103 Å². The summed E-state index contributed by atoms with van der Waals surface area (Å²) in [6.07, 6.45) is 5.39. The van der Waals surface area contributed by atoms with Crippen molar-refractivity contribution in [3.63, 3.8) is 0 Å². The Bertz CT molecular complexity index is 2370. The van der Waals surface area contributed by atoms with Crippen molar-refractivity contribution in [1.29, 1.82) is 5.26 Å². The fourth-order valence-corrected chi connectivity index (χ4v) is 8.65. The minimum Gasteiger partial charge on any atom is -0.492 e. The number of nitrogens with zero attached hydrogens (tertiary/aromatic N) is 2. The summed E-state index contributed by atoms with van der Waals surface area (Å²) < 4.78 is 12.3. The number of benzene rings is 4. The fraction of sp³-hybridized carbons (Fsp3) is 0.462. The number of hydrogen-bond donors (Lipinski definition) is 4. The van der Waals surface area contributed by atoms with Crippen LogP contribution in [0.5, 0.6) is 11.5 Å². The molecular weight excluding hydrogens is 821 g/mol. The highest BCUT2D eigenvalue weighted by molar-refractivity contribution is 6.04. The van der Waals surface area contributed by atoms with Crippen LogP contribution in [0.2, 0.25) is 0 Å². The number of aryl methyl sites for hydroxylation is 2. The van der Waals surface area contributed by atoms with Gasteiger partial charge in [0.15, 0.2) is 17.3 Å². The third-order valence-corrected chi connectivity index (χ3v) is 12.2. The molecule has 1 aliphatic heterocycles. The number of Topliss-reactive ketones (excluding diaryl/α,β-unsaturated/α-hetero) is 3. The molecule has 2 amide bonds. The molecule has 4 aromatic carbocycles. The average molecular weight is 887 g/mol. The molecular formula is C52H66N6O7. The maximum Gasteiger partial charge on any atom is 0.226 e. The van der Waals surface area contributed by atoms with Crippen LogP contribution in [0.3, 0.4) is 0 Å². The quantitative estimate of drug-likeness (QED) is 0.0500. The van der Waals surface area contributed by atoms with Gasteiger partial charge in [0.1, 0.15) is 30.8 Å². The van der Waals surface area contributed by atoms with Crippen LogP contribution in [0.4, 0.5) is 0 Å². The summed E-state index contributed by atoms with van der Waals surface area (Å²) in [5.41, 5.74) is 22.6. The summed E-state index contributed by atoms with van der Waals surface area (Å²) in [4.78, 5) is 72.5. The molecule has 5 rings (SSSR count). The van der Waals surface area contributed by atoms with E-state index in [9.17, 15) is 29.2 Å². The predicted octanol–water partition coefficient (Wildman–Crippen LogP) is 6.86. The van der Waals surface area contributed by atoms with Gasteiger partial charge in [0.25, 0.3) is 0 Å². The molecule has 0 unspecified atom stereocenters. The zero-order valence-corrected chi connectivity index (χ0v) is 38.5. The van der Waals surface area contributed by atoms with Gasteiger partial charge in [-0.25, -0.2) is 0 Å². The molecule has 65 heavy (non-hydrogen) atoms. The van der Waals surface area contributed by atoms with Gasteiger partial charge in [-0.05, 0) is 103 Å². The van der Waals surface area contributed by atoms with Gasteiger partial charge in [0, 0.05) is 74.3 Å². The number of amides is 2. The number of unbranched alkanes of at least 4 members (excludes halogenated alkanes) is 3. The standard InChI is InChI=1S/C52H66N6O7/c1-5-6-7-8-10-35-12-14-37-25-33(2)41(31-40(37)27-35)46(60)32-39(18-20-54)52(63)58(4)50-38-15-17-49(65-24-22-56)43(30-38)42-28-36(13-16-48(42)64-23-21-55)29-44(45(59)11-9-19-53)57-51(62)34(3)26-47(50)61/h12-17,25,27-28,30-31,34,39,44,50H,5-11,18,20-24,26,29,32,54-56H2,1-4H3,(H,57,62)/t34-,39-,44+,50+/m1/s1. The predicted molar refractivity (Wildman–Crippen MR) is 253 cm³/mol. The van der Waals surface area contributed by atoms with E-state index >= 15 is 0 Å². The van der Waals surface area contributed by atoms with Crippen molar-refractivity contribution >= 4 is 39.9 Å². The number of carbonyl (C=O) groups is 5. The summed E-state index contributed by atoms with van der Waals surface area (Å²) in [7, 11) is 1.54. The number of nitriles is 1. The van der Waals surface area contributed by atoms with Crippen LogP contribution in [-0.4, -0.2) is 80.0 Å². The number of nitrogens with two attached hydrogens (primary N) is 3. The zero-order valence-electron chi connectivity index (χ0n) is 38.5. The Hall–Kier alpha value is -5.94. The van der Waals surface area contributed by atoms with Gasteiger partial charge in [-0.15, -0.1) is 0 Å². The molecule has 0 saturated heterocycles. The first-order valence-corrected chi connectivity index (χ1v) is 23.0. The molecule has 0 spiro atoms. The van der Waals surface area contributed by atoms with E-state index in [1.807, 2.05) is 31.2 Å². The summed E-state index contributed by atoms with van der Waals surface area (Å²) in [5.74, 6) is -2.80. The van der Waals surface area contributed by atoms with E-state index in [2.05, 4.69) is 30.4 Å². The highest BCUT2D eigenvalue weighted by Crippen LogP contribution is 2.41. The maximum absolute atomic E-state index is 14.8. The van der Waals surface area contributed by atoms with Crippen LogP contribution in [0.25, 0.3) is 21.9 Å². The van der Waals surface area contributed by atoms with Gasteiger partial charge >= 0.3 is 0 Å². The van der Waals surface area contributed by atoms with Gasteiger partial charge in [-0.2, -0.15) is 5.26 Å². The first-order chi connectivity index (χ1) is 31.3. The normalized spacial score (nSPS) is 16.8. The number of hydrogen-bond acceptors (Lipinski definition) is 11. The molecule has 4 aromatic rings. The van der Waals surface area contributed by atoms with E-state index in [-0.39, 0.29) is 82.9 Å². The number of likely N-dealkylation sites (N-methyl/N-ethyl adjacent to an activating group) is 1. The lowest BCUT2D eigenvalue weighted by atomic mass is 9.87.